The van der Waals surface area contributed by atoms with E-state index in [9.17, 15) is 9.59 Å². The van der Waals surface area contributed by atoms with Crippen molar-refractivity contribution in [2.24, 2.45) is 14.1 Å². The molecule has 6 rings (SSSR count). The maximum atomic E-state index is 12.0. The molecule has 4 aromatic carbocycles. The van der Waals surface area contributed by atoms with Crippen LogP contribution in [0.5, 0.6) is 23.0 Å². The molecule has 0 aliphatic rings. The maximum absolute atomic E-state index is 12.0. The molecule has 274 valence electrons. The molecule has 0 fully saturated rings. The van der Waals surface area contributed by atoms with Gasteiger partial charge in [-0.15, -0.1) is 10.2 Å². The molecular weight excluding hydrogens is 688 g/mol. The first-order valence-electron chi connectivity index (χ1n) is 16.4. The van der Waals surface area contributed by atoms with Gasteiger partial charge in [0.25, 0.3) is 0 Å². The van der Waals surface area contributed by atoms with Crippen LogP contribution in [-0.4, -0.2) is 81.4 Å². The van der Waals surface area contributed by atoms with Crippen LogP contribution in [0.3, 0.4) is 0 Å². The Morgan fingerprint density at radius 1 is 0.500 bits per heavy atom. The zero-order valence-corrected chi connectivity index (χ0v) is 30.6. The Morgan fingerprint density at radius 2 is 0.870 bits per heavy atom. The van der Waals surface area contributed by atoms with E-state index in [1.807, 2.05) is 103 Å². The van der Waals surface area contributed by atoms with Crippen LogP contribution in [0.15, 0.2) is 109 Å². The zero-order chi connectivity index (χ0) is 38.5. The fourth-order valence-electron chi connectivity index (χ4n) is 5.39. The minimum Gasteiger partial charge on any atom is -0.497 e. The molecule has 2 heterocycles. The number of nitrogens with zero attached hydrogens (tertiary/aromatic N) is 8. The minimum absolute atomic E-state index is 0.382. The second-order valence-corrected chi connectivity index (χ2v) is 11.4. The van der Waals surface area contributed by atoms with Crippen molar-refractivity contribution in [1.82, 2.24) is 40.4 Å². The van der Waals surface area contributed by atoms with E-state index in [0.29, 0.717) is 22.8 Å². The number of methoxy groups -OCH3 is 4. The number of benzene rings is 4. The first-order chi connectivity index (χ1) is 26.3. The average Bonchev–Trinajstić information content (AvgIpc) is 3.86. The Labute approximate surface area is 312 Å². The van der Waals surface area contributed by atoms with E-state index in [4.69, 9.17) is 18.9 Å². The molecule has 54 heavy (non-hydrogen) atoms. The number of aromatic nitrogens is 8. The number of rotatable bonds is 13. The highest BCUT2D eigenvalue weighted by molar-refractivity contribution is 6.19. The Morgan fingerprint density at radius 3 is 1.19 bits per heavy atom. The fraction of sp³-hybridized carbons (Fsp3) is 0.150. The molecule has 0 radical (unpaired) electrons. The van der Waals surface area contributed by atoms with E-state index in [0.717, 1.165) is 69.0 Å². The normalized spacial score (nSPS) is 10.7. The second-order valence-electron chi connectivity index (χ2n) is 11.4. The summed E-state index contributed by atoms with van der Waals surface area (Å²) < 4.78 is 23.9. The number of aldehydes is 2. The topological polar surface area (TPSA) is 158 Å². The Bertz CT molecular complexity index is 2160. The Hall–Kier alpha value is -7.22. The molecule has 0 bridgehead atoms. The van der Waals surface area contributed by atoms with Crippen molar-refractivity contribution in [3.05, 3.63) is 143 Å². The number of hydrogen-bond acceptors (Lipinski definition) is 12. The Balaban J connectivity index is 0.000000208. The highest BCUT2D eigenvalue weighted by Gasteiger charge is 2.18. The summed E-state index contributed by atoms with van der Waals surface area (Å²) >= 11 is 0. The van der Waals surface area contributed by atoms with Crippen molar-refractivity contribution in [3.8, 4) is 23.0 Å². The van der Waals surface area contributed by atoms with Gasteiger partial charge in [-0.1, -0.05) is 54.6 Å². The third-order valence-electron chi connectivity index (χ3n) is 8.24. The lowest BCUT2D eigenvalue weighted by Crippen LogP contribution is -2.04. The molecule has 0 saturated carbocycles. The summed E-state index contributed by atoms with van der Waals surface area (Å²) in [5.41, 5.74) is 6.08. The van der Waals surface area contributed by atoms with Gasteiger partial charge in [0.15, 0.2) is 24.2 Å². The van der Waals surface area contributed by atoms with Crippen molar-refractivity contribution in [2.75, 3.05) is 28.4 Å². The molecule has 0 N–H and O–H groups in total. The van der Waals surface area contributed by atoms with Gasteiger partial charge in [-0.25, -0.2) is 9.36 Å². The summed E-state index contributed by atoms with van der Waals surface area (Å²) in [5, 5.41) is 22.7. The van der Waals surface area contributed by atoms with Crippen molar-refractivity contribution in [1.29, 1.82) is 0 Å². The van der Waals surface area contributed by atoms with Gasteiger partial charge in [0.1, 0.15) is 23.0 Å². The van der Waals surface area contributed by atoms with Gasteiger partial charge < -0.3 is 18.9 Å². The monoisotopic (exact) mass is 726 g/mol. The number of carbonyl (C=O) groups excluding carboxylic acids is 2. The second kappa shape index (κ2) is 18.3. The summed E-state index contributed by atoms with van der Waals surface area (Å²) in [6, 6.07) is 30.4. The van der Waals surface area contributed by atoms with Crippen LogP contribution >= 0.6 is 0 Å². The number of allylic oxidation sites excluding steroid dienone is 4. The maximum Gasteiger partial charge on any atom is 0.185 e. The van der Waals surface area contributed by atoms with E-state index in [1.54, 1.807) is 48.6 Å². The summed E-state index contributed by atoms with van der Waals surface area (Å²) in [5.74, 6) is 3.79. The lowest BCUT2D eigenvalue weighted by molar-refractivity contribution is -0.104. The molecule has 14 heteroatoms. The summed E-state index contributed by atoms with van der Waals surface area (Å²) in [4.78, 5) is 23.5. The van der Waals surface area contributed by atoms with Crippen LogP contribution < -0.4 is 18.9 Å². The van der Waals surface area contributed by atoms with E-state index in [-0.39, 0.29) is 0 Å². The summed E-state index contributed by atoms with van der Waals surface area (Å²) in [7, 11) is 9.85. The van der Waals surface area contributed by atoms with Crippen molar-refractivity contribution >= 4 is 34.9 Å². The standard InChI is InChI=1S/C21H20N4O3.C19H18N4O3/c1-25-21(22-23-24-25)17(14-26)8-13-20(15-4-9-18(27-2)10-5-15)16-6-11-19(28-3)12-7-16;1-23-19(20-21-22-23)17(12-24)18(13-4-8-15(25-2)9-5-13)14-6-10-16(26-3)11-7-14/h4-14H,1-3H3;4-12H,1-3H3. The van der Waals surface area contributed by atoms with E-state index in [2.05, 4.69) is 31.1 Å². The zero-order valence-electron chi connectivity index (χ0n) is 30.6. The molecule has 14 nitrogen and oxygen atoms in total. The molecule has 2 aromatic heterocycles. The van der Waals surface area contributed by atoms with Crippen LogP contribution in [0.4, 0.5) is 0 Å². The molecule has 0 amide bonds. The molecule has 0 atom stereocenters. The number of hydrogen-bond donors (Lipinski definition) is 0. The highest BCUT2D eigenvalue weighted by Crippen LogP contribution is 2.32. The molecule has 0 aliphatic carbocycles. The number of ether oxygens (including phenoxy) is 4. The SMILES string of the molecule is COc1ccc(C(=C(C=O)c2nnnn2C)c2ccc(OC)cc2)cc1.COc1ccc(C(=CC=C(C=O)c2nnnn2C)c2ccc(OC)cc2)cc1. The fourth-order valence-corrected chi connectivity index (χ4v) is 5.39. The lowest BCUT2D eigenvalue weighted by Gasteiger charge is -2.13. The number of aryl methyl sites for hydroxylation is 2. The lowest BCUT2D eigenvalue weighted by atomic mass is 9.93. The largest absolute Gasteiger partial charge is 0.497 e. The van der Waals surface area contributed by atoms with Gasteiger partial charge in [0.05, 0.1) is 39.6 Å². The van der Waals surface area contributed by atoms with E-state index < -0.39 is 0 Å². The third-order valence-corrected chi connectivity index (χ3v) is 8.24. The molecule has 0 aliphatic heterocycles. The van der Waals surface area contributed by atoms with E-state index in [1.165, 1.54) is 9.36 Å². The van der Waals surface area contributed by atoms with Crippen LogP contribution in [0.25, 0.3) is 22.3 Å². The van der Waals surface area contributed by atoms with Crippen LogP contribution in [0.1, 0.15) is 33.9 Å². The van der Waals surface area contributed by atoms with Crippen molar-refractivity contribution in [2.45, 2.75) is 0 Å². The average molecular weight is 727 g/mol. The quantitative estimate of drug-likeness (QED) is 0.0858. The van der Waals surface area contributed by atoms with E-state index >= 15 is 0 Å². The van der Waals surface area contributed by atoms with Gasteiger partial charge in [-0.2, -0.15) is 0 Å². The summed E-state index contributed by atoms with van der Waals surface area (Å²) in [6.07, 6.45) is 5.10. The van der Waals surface area contributed by atoms with Crippen LogP contribution in [0, 0.1) is 0 Å². The van der Waals surface area contributed by atoms with Gasteiger partial charge in [-0.3, -0.25) is 9.59 Å². The van der Waals surface area contributed by atoms with Gasteiger partial charge >= 0.3 is 0 Å². The smallest absolute Gasteiger partial charge is 0.185 e. The van der Waals surface area contributed by atoms with Crippen LogP contribution in [0.2, 0.25) is 0 Å². The highest BCUT2D eigenvalue weighted by atomic mass is 16.5. The number of carbonyl (C=O) groups is 2. The number of tetrazole rings is 2. The summed E-state index contributed by atoms with van der Waals surface area (Å²) in [6.45, 7) is 0. The Kier molecular flexibility index (Phi) is 12.9. The predicted octanol–water partition coefficient (Wildman–Crippen LogP) is 5.33. The molecule has 6 aromatic rings. The molecular formula is C40H38N8O6. The molecule has 0 saturated heterocycles. The molecule has 0 spiro atoms. The van der Waals surface area contributed by atoms with Crippen molar-refractivity contribution in [3.63, 3.8) is 0 Å². The van der Waals surface area contributed by atoms with Gasteiger partial charge in [0.2, 0.25) is 0 Å². The first kappa shape index (κ1) is 38.0. The third kappa shape index (κ3) is 8.98. The predicted molar refractivity (Wildman–Crippen MR) is 203 cm³/mol. The van der Waals surface area contributed by atoms with Gasteiger partial charge in [0, 0.05) is 19.7 Å². The van der Waals surface area contributed by atoms with Crippen LogP contribution in [-0.2, 0) is 23.7 Å². The first-order valence-corrected chi connectivity index (χ1v) is 16.4. The molecule has 0 unspecified atom stereocenters. The minimum atomic E-state index is 0.382. The van der Waals surface area contributed by atoms with Crippen molar-refractivity contribution < 1.29 is 28.5 Å². The van der Waals surface area contributed by atoms with Gasteiger partial charge in [-0.05, 0) is 103 Å².